The fraction of sp³-hybridized carbons (Fsp3) is 0.167. The van der Waals surface area contributed by atoms with Gasteiger partial charge in [0.1, 0.15) is 5.70 Å². The molecule has 0 aliphatic carbocycles. The van der Waals surface area contributed by atoms with Crippen LogP contribution in [0.1, 0.15) is 0 Å². The van der Waals surface area contributed by atoms with E-state index >= 15 is 0 Å². The maximum absolute atomic E-state index is 11.6. The Morgan fingerprint density at radius 2 is 2.00 bits per heavy atom. The lowest BCUT2D eigenvalue weighted by molar-refractivity contribution is -0.385. The van der Waals surface area contributed by atoms with E-state index in [1.165, 1.54) is 0 Å². The number of aromatic hydroxyl groups is 1. The molecule has 0 aliphatic heterocycles. The average molecular weight is 331 g/mol. The Balaban J connectivity index is 3.30. The zero-order valence-corrected chi connectivity index (χ0v) is 12.2. The summed E-state index contributed by atoms with van der Waals surface area (Å²) in [5, 5.41) is 22.9. The fourth-order valence-corrected chi connectivity index (χ4v) is 1.61. The molecule has 0 radical (unpaired) electrons. The molecule has 22 heavy (non-hydrogen) atoms. The lowest BCUT2D eigenvalue weighted by Crippen LogP contribution is -2.15. The first-order valence-corrected chi connectivity index (χ1v) is 5.99. The third-order valence-corrected chi connectivity index (χ3v) is 2.61. The second kappa shape index (κ2) is 7.27. The van der Waals surface area contributed by atoms with Crippen LogP contribution in [0.5, 0.6) is 5.75 Å². The Morgan fingerprint density at radius 3 is 2.50 bits per heavy atom. The van der Waals surface area contributed by atoms with Gasteiger partial charge in [-0.2, -0.15) is 0 Å². The van der Waals surface area contributed by atoms with Gasteiger partial charge in [-0.15, -0.1) is 0 Å². The first kappa shape index (κ1) is 17.2. The third-order valence-electron chi connectivity index (χ3n) is 2.39. The molecule has 0 aromatic heterocycles. The molecule has 2 N–H and O–H groups in total. The van der Waals surface area contributed by atoms with E-state index in [4.69, 9.17) is 11.6 Å². The summed E-state index contributed by atoms with van der Waals surface area (Å²) in [5.74, 6) is -2.58. The molecule has 1 aromatic carbocycles. The van der Waals surface area contributed by atoms with E-state index < -0.39 is 34.0 Å². The van der Waals surface area contributed by atoms with Gasteiger partial charge in [-0.3, -0.25) is 10.1 Å². The summed E-state index contributed by atoms with van der Waals surface area (Å²) in [5.41, 5.74) is -1.32. The normalized spacial score (nSPS) is 10.8. The van der Waals surface area contributed by atoms with Gasteiger partial charge in [0.05, 0.1) is 30.9 Å². The van der Waals surface area contributed by atoms with Crippen LogP contribution in [-0.2, 0) is 19.1 Å². The number of halogens is 1. The lowest BCUT2D eigenvalue weighted by atomic mass is 10.2. The van der Waals surface area contributed by atoms with E-state index in [1.807, 2.05) is 0 Å². The molecular weight excluding hydrogens is 320 g/mol. The summed E-state index contributed by atoms with van der Waals surface area (Å²) < 4.78 is 8.82. The molecule has 0 unspecified atom stereocenters. The molecule has 0 bridgehead atoms. The number of nitro benzene ring substituents is 1. The number of phenols is 1. The van der Waals surface area contributed by atoms with E-state index in [-0.39, 0.29) is 10.7 Å². The number of ether oxygens (including phenoxy) is 2. The summed E-state index contributed by atoms with van der Waals surface area (Å²) in [7, 11) is 2.16. The number of esters is 2. The molecule has 0 aliphatic rings. The third kappa shape index (κ3) is 4.09. The van der Waals surface area contributed by atoms with Crippen molar-refractivity contribution in [3.63, 3.8) is 0 Å². The predicted octanol–water partition coefficient (Wildman–Crippen LogP) is 1.60. The summed E-state index contributed by atoms with van der Waals surface area (Å²) in [4.78, 5) is 32.7. The van der Waals surface area contributed by atoms with Gasteiger partial charge in [0.15, 0.2) is 0 Å². The van der Waals surface area contributed by atoms with Crippen molar-refractivity contribution in [1.82, 2.24) is 0 Å². The Labute approximate surface area is 129 Å². The molecule has 0 amide bonds. The van der Waals surface area contributed by atoms with Crippen LogP contribution in [-0.4, -0.2) is 36.2 Å². The number of benzene rings is 1. The molecule has 1 rings (SSSR count). The SMILES string of the molecule is COC(=O)/C=C(/Nc1cc(Cl)cc([N+](=O)[O-])c1O)C(=O)OC. The minimum absolute atomic E-state index is 0.0608. The van der Waals surface area contributed by atoms with Gasteiger partial charge in [0.25, 0.3) is 0 Å². The second-order valence-corrected chi connectivity index (χ2v) is 4.21. The highest BCUT2D eigenvalue weighted by atomic mass is 35.5. The fourth-order valence-electron chi connectivity index (χ4n) is 1.40. The number of nitro groups is 1. The molecule has 0 spiro atoms. The molecule has 0 saturated heterocycles. The Kier molecular flexibility index (Phi) is 5.70. The summed E-state index contributed by atoms with van der Waals surface area (Å²) >= 11 is 5.71. The van der Waals surface area contributed by atoms with Crippen LogP contribution in [0.3, 0.4) is 0 Å². The van der Waals surface area contributed by atoms with Crippen LogP contribution in [0.25, 0.3) is 0 Å². The summed E-state index contributed by atoms with van der Waals surface area (Å²) in [6.07, 6.45) is 0.762. The largest absolute Gasteiger partial charge is 0.501 e. The van der Waals surface area contributed by atoms with Gasteiger partial charge in [-0.1, -0.05) is 11.6 Å². The maximum Gasteiger partial charge on any atom is 0.354 e. The number of hydrogen-bond donors (Lipinski definition) is 2. The molecule has 0 atom stereocenters. The lowest BCUT2D eigenvalue weighted by Gasteiger charge is -2.11. The summed E-state index contributed by atoms with van der Waals surface area (Å²) in [6, 6.07) is 2.07. The minimum atomic E-state index is -0.951. The van der Waals surface area contributed by atoms with E-state index in [1.54, 1.807) is 0 Å². The molecular formula is C12H11ClN2O7. The molecule has 0 saturated carbocycles. The van der Waals surface area contributed by atoms with Gasteiger partial charge in [0, 0.05) is 11.1 Å². The topological polar surface area (TPSA) is 128 Å². The van der Waals surface area contributed by atoms with Crippen molar-refractivity contribution >= 4 is 34.9 Å². The van der Waals surface area contributed by atoms with Gasteiger partial charge in [-0.05, 0) is 6.07 Å². The quantitative estimate of drug-likeness (QED) is 0.274. The number of rotatable bonds is 5. The van der Waals surface area contributed by atoms with Crippen LogP contribution in [0, 0.1) is 10.1 Å². The zero-order chi connectivity index (χ0) is 16.9. The predicted molar refractivity (Wildman–Crippen MR) is 75.5 cm³/mol. The van der Waals surface area contributed by atoms with Crippen LogP contribution in [0.4, 0.5) is 11.4 Å². The van der Waals surface area contributed by atoms with Crippen molar-refractivity contribution in [1.29, 1.82) is 0 Å². The standard InChI is InChI=1S/C12H11ClN2O7/c1-21-10(16)5-8(12(18)22-2)14-7-3-6(13)4-9(11(7)17)15(19)20/h3-5,14,17H,1-2H3/b8-5+. The van der Waals surface area contributed by atoms with E-state index in [2.05, 4.69) is 14.8 Å². The van der Waals surface area contributed by atoms with Gasteiger partial charge >= 0.3 is 17.6 Å². The number of nitrogens with one attached hydrogen (secondary N) is 1. The van der Waals surface area contributed by atoms with Crippen LogP contribution < -0.4 is 5.32 Å². The Bertz CT molecular complexity index is 657. The average Bonchev–Trinajstić information content (AvgIpc) is 2.48. The van der Waals surface area contributed by atoms with Crippen molar-refractivity contribution in [3.05, 3.63) is 39.0 Å². The highest BCUT2D eigenvalue weighted by Gasteiger charge is 2.21. The number of phenolic OH excluding ortho intramolecular Hbond substituents is 1. The van der Waals surface area contributed by atoms with E-state index in [0.29, 0.717) is 0 Å². The van der Waals surface area contributed by atoms with Crippen molar-refractivity contribution in [3.8, 4) is 5.75 Å². The van der Waals surface area contributed by atoms with Gasteiger partial charge in [0.2, 0.25) is 5.75 Å². The smallest absolute Gasteiger partial charge is 0.354 e. The Morgan fingerprint density at radius 1 is 1.36 bits per heavy atom. The van der Waals surface area contributed by atoms with Crippen LogP contribution in [0.2, 0.25) is 5.02 Å². The van der Waals surface area contributed by atoms with Crippen molar-refractivity contribution < 1.29 is 29.1 Å². The number of carbonyl (C=O) groups is 2. The van der Waals surface area contributed by atoms with Crippen molar-refractivity contribution in [2.45, 2.75) is 0 Å². The van der Waals surface area contributed by atoms with E-state index in [0.717, 1.165) is 32.4 Å². The first-order valence-electron chi connectivity index (χ1n) is 5.62. The van der Waals surface area contributed by atoms with Crippen LogP contribution >= 0.6 is 11.6 Å². The maximum atomic E-state index is 11.6. The van der Waals surface area contributed by atoms with Crippen molar-refractivity contribution in [2.75, 3.05) is 19.5 Å². The second-order valence-electron chi connectivity index (χ2n) is 3.78. The Hall–Kier alpha value is -2.81. The van der Waals surface area contributed by atoms with Gasteiger partial charge in [-0.25, -0.2) is 9.59 Å². The molecule has 0 heterocycles. The number of methoxy groups -OCH3 is 2. The monoisotopic (exact) mass is 330 g/mol. The van der Waals surface area contributed by atoms with E-state index in [9.17, 15) is 24.8 Å². The number of nitrogens with zero attached hydrogens (tertiary/aromatic N) is 1. The highest BCUT2D eigenvalue weighted by molar-refractivity contribution is 6.31. The molecule has 118 valence electrons. The number of anilines is 1. The zero-order valence-electron chi connectivity index (χ0n) is 11.5. The highest BCUT2D eigenvalue weighted by Crippen LogP contribution is 2.37. The first-order chi connectivity index (χ1) is 10.3. The summed E-state index contributed by atoms with van der Waals surface area (Å²) in [6.45, 7) is 0. The molecule has 0 fully saturated rings. The van der Waals surface area contributed by atoms with Crippen molar-refractivity contribution in [2.24, 2.45) is 0 Å². The number of carbonyl (C=O) groups excluding carboxylic acids is 2. The van der Waals surface area contributed by atoms with Crippen LogP contribution in [0.15, 0.2) is 23.9 Å². The molecule has 1 aromatic rings. The molecule has 10 heteroatoms. The van der Waals surface area contributed by atoms with Gasteiger partial charge < -0.3 is 19.9 Å². The molecule has 9 nitrogen and oxygen atoms in total. The number of hydrogen-bond acceptors (Lipinski definition) is 8. The minimum Gasteiger partial charge on any atom is -0.501 e.